The summed E-state index contributed by atoms with van der Waals surface area (Å²) in [5, 5.41) is 2.76. The number of morpholine rings is 1. The maximum Gasteiger partial charge on any atom is 0.251 e. The molecule has 9 heteroatoms. The molecule has 0 aromatic heterocycles. The first kappa shape index (κ1) is 23.1. The van der Waals surface area contributed by atoms with Gasteiger partial charge in [0.25, 0.3) is 5.91 Å². The molecule has 2 atom stereocenters. The molecule has 1 aliphatic heterocycles. The number of sulfonamides is 1. The third kappa shape index (κ3) is 5.75. The molecule has 0 bridgehead atoms. The average molecular weight is 449 g/mol. The van der Waals surface area contributed by atoms with Crippen molar-refractivity contribution in [3.8, 4) is 11.5 Å². The zero-order valence-electron chi connectivity index (χ0n) is 17.9. The highest BCUT2D eigenvalue weighted by Crippen LogP contribution is 2.25. The number of ether oxygens (including phenoxy) is 3. The van der Waals surface area contributed by atoms with Crippen LogP contribution in [-0.2, 0) is 14.8 Å². The lowest BCUT2D eigenvalue weighted by molar-refractivity contribution is -0.0440. The first-order chi connectivity index (χ1) is 14.8. The Hall–Kier alpha value is -2.62. The van der Waals surface area contributed by atoms with Crippen molar-refractivity contribution in [2.45, 2.75) is 31.0 Å². The molecule has 0 radical (unpaired) electrons. The van der Waals surface area contributed by atoms with Gasteiger partial charge in [-0.15, -0.1) is 0 Å². The topological polar surface area (TPSA) is 94.2 Å². The highest BCUT2D eigenvalue weighted by Gasteiger charge is 2.32. The van der Waals surface area contributed by atoms with Crippen molar-refractivity contribution in [3.63, 3.8) is 0 Å². The Morgan fingerprint density at radius 1 is 1.06 bits per heavy atom. The van der Waals surface area contributed by atoms with E-state index >= 15 is 0 Å². The van der Waals surface area contributed by atoms with Gasteiger partial charge in [-0.2, -0.15) is 4.31 Å². The lowest BCUT2D eigenvalue weighted by Crippen LogP contribution is -2.48. The van der Waals surface area contributed by atoms with Crippen molar-refractivity contribution >= 4 is 15.9 Å². The summed E-state index contributed by atoms with van der Waals surface area (Å²) in [7, 11) is -2.08. The molecule has 168 valence electrons. The number of nitrogens with one attached hydrogen (secondary N) is 1. The summed E-state index contributed by atoms with van der Waals surface area (Å²) < 4.78 is 43.7. The summed E-state index contributed by atoms with van der Waals surface area (Å²) in [5.74, 6) is 0.913. The smallest absolute Gasteiger partial charge is 0.251 e. The Morgan fingerprint density at radius 2 is 1.68 bits per heavy atom. The van der Waals surface area contributed by atoms with Gasteiger partial charge in [0.05, 0.1) is 30.8 Å². The van der Waals surface area contributed by atoms with Crippen LogP contribution in [0.15, 0.2) is 53.4 Å². The maximum absolute atomic E-state index is 12.9. The fraction of sp³-hybridized carbons (Fsp3) is 0.409. The van der Waals surface area contributed by atoms with Crippen molar-refractivity contribution in [1.29, 1.82) is 0 Å². The second kappa shape index (κ2) is 10.1. The fourth-order valence-corrected chi connectivity index (χ4v) is 5.01. The maximum atomic E-state index is 12.9. The summed E-state index contributed by atoms with van der Waals surface area (Å²) in [6, 6.07) is 13.2. The molecule has 3 rings (SSSR count). The quantitative estimate of drug-likeness (QED) is 0.623. The molecule has 1 fully saturated rings. The van der Waals surface area contributed by atoms with Crippen LogP contribution in [0, 0.1) is 0 Å². The number of benzene rings is 2. The molecule has 2 aromatic rings. The summed E-state index contributed by atoms with van der Waals surface area (Å²) in [6.07, 6.45) is -0.330. The normalized spacial score (nSPS) is 19.6. The zero-order chi connectivity index (χ0) is 22.4. The number of para-hydroxylation sites is 2. The molecule has 0 spiro atoms. The molecule has 2 aromatic carbocycles. The number of carbonyl (C=O) groups is 1. The van der Waals surface area contributed by atoms with Crippen LogP contribution in [-0.4, -0.2) is 64.2 Å². The number of carbonyl (C=O) groups excluding carboxylic acids is 1. The predicted octanol–water partition coefficient (Wildman–Crippen LogP) is 2.30. The van der Waals surface area contributed by atoms with Gasteiger partial charge in [-0.3, -0.25) is 4.79 Å². The molecular weight excluding hydrogens is 420 g/mol. The van der Waals surface area contributed by atoms with Gasteiger partial charge in [0.1, 0.15) is 6.61 Å². The van der Waals surface area contributed by atoms with E-state index in [9.17, 15) is 13.2 Å². The number of rotatable bonds is 8. The van der Waals surface area contributed by atoms with Crippen LogP contribution in [0.25, 0.3) is 0 Å². The highest BCUT2D eigenvalue weighted by atomic mass is 32.2. The first-order valence-corrected chi connectivity index (χ1v) is 11.5. The van der Waals surface area contributed by atoms with Crippen LogP contribution in [0.2, 0.25) is 0 Å². The van der Waals surface area contributed by atoms with Crippen molar-refractivity contribution in [2.75, 3.05) is 33.4 Å². The number of amides is 1. The molecular formula is C22H28N2O6S. The van der Waals surface area contributed by atoms with Gasteiger partial charge in [-0.25, -0.2) is 8.42 Å². The minimum absolute atomic E-state index is 0.157. The van der Waals surface area contributed by atoms with E-state index in [1.54, 1.807) is 19.2 Å². The predicted molar refractivity (Wildman–Crippen MR) is 116 cm³/mol. The zero-order valence-corrected chi connectivity index (χ0v) is 18.7. The largest absolute Gasteiger partial charge is 0.493 e. The fourth-order valence-electron chi connectivity index (χ4n) is 3.42. The molecule has 0 aliphatic carbocycles. The van der Waals surface area contributed by atoms with Crippen LogP contribution in [0.5, 0.6) is 11.5 Å². The average Bonchev–Trinajstić information content (AvgIpc) is 2.76. The summed E-state index contributed by atoms with van der Waals surface area (Å²) >= 11 is 0. The summed E-state index contributed by atoms with van der Waals surface area (Å²) in [4.78, 5) is 12.5. The third-order valence-corrected chi connectivity index (χ3v) is 6.70. The molecule has 1 N–H and O–H groups in total. The Morgan fingerprint density at radius 3 is 2.29 bits per heavy atom. The van der Waals surface area contributed by atoms with Gasteiger partial charge < -0.3 is 19.5 Å². The van der Waals surface area contributed by atoms with E-state index in [0.717, 1.165) is 0 Å². The lowest BCUT2D eigenvalue weighted by atomic mass is 10.2. The van der Waals surface area contributed by atoms with E-state index < -0.39 is 10.0 Å². The van der Waals surface area contributed by atoms with Gasteiger partial charge in [-0.05, 0) is 50.2 Å². The van der Waals surface area contributed by atoms with E-state index in [1.165, 1.54) is 28.6 Å². The highest BCUT2D eigenvalue weighted by molar-refractivity contribution is 7.89. The van der Waals surface area contributed by atoms with E-state index in [-0.39, 0.29) is 29.6 Å². The van der Waals surface area contributed by atoms with Crippen molar-refractivity contribution < 1.29 is 27.4 Å². The van der Waals surface area contributed by atoms with Crippen molar-refractivity contribution in [3.05, 3.63) is 54.1 Å². The summed E-state index contributed by atoms with van der Waals surface area (Å²) in [5.41, 5.74) is 0.375. The Labute approximate surface area is 183 Å². The van der Waals surface area contributed by atoms with Gasteiger partial charge >= 0.3 is 0 Å². The van der Waals surface area contributed by atoms with Gasteiger partial charge in [-0.1, -0.05) is 12.1 Å². The molecule has 2 unspecified atom stereocenters. The van der Waals surface area contributed by atoms with Crippen molar-refractivity contribution in [1.82, 2.24) is 9.62 Å². The molecule has 8 nitrogen and oxygen atoms in total. The molecule has 1 amide bonds. The van der Waals surface area contributed by atoms with Gasteiger partial charge in [0.15, 0.2) is 11.5 Å². The standard InChI is InChI=1S/C22H28N2O6S/c1-16-14-24(15-17(2)30-16)31(26,27)19-10-8-18(9-11-19)22(25)23-12-13-29-21-7-5-4-6-20(21)28-3/h4-11,16-17H,12-15H2,1-3H3,(H,23,25). The number of methoxy groups -OCH3 is 1. The molecule has 1 saturated heterocycles. The summed E-state index contributed by atoms with van der Waals surface area (Å²) in [6.45, 7) is 4.88. The van der Waals surface area contributed by atoms with Crippen LogP contribution >= 0.6 is 0 Å². The van der Waals surface area contributed by atoms with Gasteiger partial charge in [0.2, 0.25) is 10.0 Å². The second-order valence-electron chi connectivity index (χ2n) is 7.36. The van der Waals surface area contributed by atoms with Gasteiger partial charge in [0, 0.05) is 18.7 Å². The van der Waals surface area contributed by atoms with Crippen molar-refractivity contribution in [2.24, 2.45) is 0 Å². The number of hydrogen-bond donors (Lipinski definition) is 1. The molecule has 1 aliphatic rings. The number of hydrogen-bond acceptors (Lipinski definition) is 6. The number of nitrogens with zero attached hydrogens (tertiary/aromatic N) is 1. The molecule has 1 heterocycles. The van der Waals surface area contributed by atoms with E-state index in [0.29, 0.717) is 36.7 Å². The second-order valence-corrected chi connectivity index (χ2v) is 9.30. The Kier molecular flexibility index (Phi) is 7.53. The van der Waals surface area contributed by atoms with Crippen LogP contribution in [0.1, 0.15) is 24.2 Å². The first-order valence-electron chi connectivity index (χ1n) is 10.1. The minimum atomic E-state index is -3.64. The SMILES string of the molecule is COc1ccccc1OCCNC(=O)c1ccc(S(=O)(=O)N2CC(C)OC(C)C2)cc1. The third-order valence-electron chi connectivity index (χ3n) is 4.85. The van der Waals surface area contributed by atoms with Crippen LogP contribution in [0.3, 0.4) is 0 Å². The monoisotopic (exact) mass is 448 g/mol. The minimum Gasteiger partial charge on any atom is -0.493 e. The Balaban J connectivity index is 1.55. The lowest BCUT2D eigenvalue weighted by Gasteiger charge is -2.34. The van der Waals surface area contributed by atoms with Crippen LogP contribution < -0.4 is 14.8 Å². The van der Waals surface area contributed by atoms with E-state index in [1.807, 2.05) is 26.0 Å². The molecule has 0 saturated carbocycles. The van der Waals surface area contributed by atoms with Crippen LogP contribution in [0.4, 0.5) is 0 Å². The van der Waals surface area contributed by atoms with E-state index in [2.05, 4.69) is 5.32 Å². The Bertz CT molecular complexity index is 983. The van der Waals surface area contributed by atoms with E-state index in [4.69, 9.17) is 14.2 Å². The molecule has 31 heavy (non-hydrogen) atoms.